The fourth-order valence-corrected chi connectivity index (χ4v) is 3.77. The van der Waals surface area contributed by atoms with Crippen LogP contribution in [-0.4, -0.2) is 15.3 Å². The summed E-state index contributed by atoms with van der Waals surface area (Å²) in [4.78, 5) is 0. The number of phenols is 1. The highest BCUT2D eigenvalue weighted by Crippen LogP contribution is 2.37. The minimum Gasteiger partial charge on any atom is -0.508 e. The maximum absolute atomic E-state index is 12.9. The number of rotatable bonds is 5. The van der Waals surface area contributed by atoms with Gasteiger partial charge in [0.1, 0.15) is 22.3 Å². The largest absolute Gasteiger partial charge is 0.508 e. The molecule has 5 nitrogen and oxygen atoms in total. The van der Waals surface area contributed by atoms with Crippen LogP contribution in [0.5, 0.6) is 17.2 Å². The lowest BCUT2D eigenvalue weighted by Crippen LogP contribution is -2.04. The summed E-state index contributed by atoms with van der Waals surface area (Å²) in [6.07, 6.45) is -4.49. The second-order valence-electron chi connectivity index (χ2n) is 6.51. The summed E-state index contributed by atoms with van der Waals surface area (Å²) in [5.41, 5.74) is 0.302. The second-order valence-corrected chi connectivity index (χ2v) is 8.30. The first kappa shape index (κ1) is 22.2. The highest BCUT2D eigenvalue weighted by Gasteiger charge is 2.30. The van der Waals surface area contributed by atoms with Crippen molar-refractivity contribution in [1.29, 1.82) is 0 Å². The average Bonchev–Trinajstić information content (AvgIpc) is 3.18. The summed E-state index contributed by atoms with van der Waals surface area (Å²) in [5.74, 6) is -0.0113. The molecule has 2 N–H and O–H groups in total. The normalized spacial score (nSPS) is 11.4. The number of hydrogen-bond donors (Lipinski definition) is 2. The number of aromatic hydroxyl groups is 1. The number of phenolic OH excluding ortho intramolecular Hbond substituents is 1. The van der Waals surface area contributed by atoms with Crippen molar-refractivity contribution in [2.45, 2.75) is 6.18 Å². The number of nitrogens with zero attached hydrogens (tertiary/aromatic N) is 2. The van der Waals surface area contributed by atoms with Crippen LogP contribution in [0.2, 0.25) is 10.0 Å². The van der Waals surface area contributed by atoms with Crippen LogP contribution in [0.3, 0.4) is 0 Å². The summed E-state index contributed by atoms with van der Waals surface area (Å²) in [7, 11) is 0. The van der Waals surface area contributed by atoms with Crippen LogP contribution in [0, 0.1) is 0 Å². The first-order valence-electron chi connectivity index (χ1n) is 8.92. The third-order valence-electron chi connectivity index (χ3n) is 4.13. The Balaban J connectivity index is 1.56. The van der Waals surface area contributed by atoms with Gasteiger partial charge in [-0.3, -0.25) is 0 Å². The number of benzene rings is 3. The summed E-state index contributed by atoms with van der Waals surface area (Å²) in [6.45, 7) is 0. The Morgan fingerprint density at radius 1 is 0.906 bits per heavy atom. The van der Waals surface area contributed by atoms with E-state index in [4.69, 9.17) is 27.9 Å². The molecule has 4 aromatic rings. The molecular weight excluding hydrogens is 486 g/mol. The monoisotopic (exact) mass is 497 g/mol. The molecule has 0 saturated carbocycles. The average molecular weight is 498 g/mol. The van der Waals surface area contributed by atoms with E-state index in [0.717, 1.165) is 12.1 Å². The second kappa shape index (κ2) is 8.85. The molecule has 4 rings (SSSR count). The van der Waals surface area contributed by atoms with Crippen LogP contribution in [0.15, 0.2) is 60.7 Å². The van der Waals surface area contributed by atoms with Gasteiger partial charge in [0.05, 0.1) is 15.6 Å². The molecule has 0 saturated heterocycles. The van der Waals surface area contributed by atoms with E-state index < -0.39 is 11.7 Å². The first-order valence-corrected chi connectivity index (χ1v) is 10.5. The van der Waals surface area contributed by atoms with Gasteiger partial charge < -0.3 is 15.2 Å². The summed E-state index contributed by atoms with van der Waals surface area (Å²) in [5, 5.41) is 23.0. The molecule has 3 aromatic carbocycles. The van der Waals surface area contributed by atoms with E-state index >= 15 is 0 Å². The van der Waals surface area contributed by atoms with E-state index in [9.17, 15) is 18.3 Å². The molecule has 32 heavy (non-hydrogen) atoms. The van der Waals surface area contributed by atoms with Gasteiger partial charge in [-0.2, -0.15) is 13.2 Å². The lowest BCUT2D eigenvalue weighted by Gasteiger charge is -2.11. The van der Waals surface area contributed by atoms with Crippen molar-refractivity contribution in [3.63, 3.8) is 0 Å². The molecule has 1 aromatic heterocycles. The van der Waals surface area contributed by atoms with Crippen molar-refractivity contribution >= 4 is 45.4 Å². The van der Waals surface area contributed by atoms with Gasteiger partial charge in [-0.25, -0.2) is 0 Å². The maximum atomic E-state index is 12.9. The lowest BCUT2D eigenvalue weighted by atomic mass is 10.2. The van der Waals surface area contributed by atoms with Gasteiger partial charge in [-0.1, -0.05) is 40.6 Å². The topological polar surface area (TPSA) is 67.3 Å². The van der Waals surface area contributed by atoms with Crippen LogP contribution in [0.25, 0.3) is 10.6 Å². The zero-order valence-electron chi connectivity index (χ0n) is 15.8. The fraction of sp³-hybridized carbons (Fsp3) is 0.0476. The van der Waals surface area contributed by atoms with Crippen LogP contribution in [0.1, 0.15) is 5.56 Å². The molecule has 0 spiro atoms. The van der Waals surface area contributed by atoms with Crippen molar-refractivity contribution in [3.8, 4) is 27.8 Å². The highest BCUT2D eigenvalue weighted by atomic mass is 35.5. The molecule has 0 unspecified atom stereocenters. The third kappa shape index (κ3) is 5.24. The predicted octanol–water partition coefficient (Wildman–Crippen LogP) is 7.77. The van der Waals surface area contributed by atoms with E-state index in [-0.39, 0.29) is 17.2 Å². The van der Waals surface area contributed by atoms with E-state index in [2.05, 4.69) is 15.5 Å². The summed E-state index contributed by atoms with van der Waals surface area (Å²) < 4.78 is 44.3. The van der Waals surface area contributed by atoms with Gasteiger partial charge in [0.2, 0.25) is 5.13 Å². The number of ether oxygens (including phenoxy) is 1. The predicted molar refractivity (Wildman–Crippen MR) is 118 cm³/mol. The van der Waals surface area contributed by atoms with Crippen molar-refractivity contribution in [1.82, 2.24) is 10.2 Å². The van der Waals surface area contributed by atoms with Crippen molar-refractivity contribution < 1.29 is 23.0 Å². The van der Waals surface area contributed by atoms with E-state index in [1.54, 1.807) is 24.3 Å². The fourth-order valence-electron chi connectivity index (χ4n) is 2.73. The molecule has 0 bridgehead atoms. The Hall–Kier alpha value is -3.01. The zero-order chi connectivity index (χ0) is 22.9. The molecule has 11 heteroatoms. The van der Waals surface area contributed by atoms with Gasteiger partial charge in [-0.15, -0.1) is 10.2 Å². The summed E-state index contributed by atoms with van der Waals surface area (Å²) in [6, 6.07) is 13.8. The number of halogens is 5. The Kier molecular flexibility index (Phi) is 6.14. The standard InChI is InChI=1S/C21H12Cl2F3N3O2S/c22-17-5-4-13(9-18(17)23)27-20-29-28-19(32-20)11-6-14(30)10-16(7-11)31-15-3-1-2-12(8-15)21(24,25)26/h1-10,30H,(H,27,29). The molecule has 0 amide bonds. The van der Waals surface area contributed by atoms with Gasteiger partial charge >= 0.3 is 6.18 Å². The zero-order valence-corrected chi connectivity index (χ0v) is 18.1. The smallest absolute Gasteiger partial charge is 0.416 e. The van der Waals surface area contributed by atoms with E-state index in [1.807, 2.05) is 0 Å². The quantitative estimate of drug-likeness (QED) is 0.294. The SMILES string of the molecule is Oc1cc(Oc2cccc(C(F)(F)F)c2)cc(-c2nnc(Nc3ccc(Cl)c(Cl)c3)s2)c1. The molecule has 0 aliphatic heterocycles. The van der Waals surface area contributed by atoms with Crippen LogP contribution in [0.4, 0.5) is 24.0 Å². The first-order chi connectivity index (χ1) is 15.2. The number of nitrogens with one attached hydrogen (secondary N) is 1. The Morgan fingerprint density at radius 2 is 1.72 bits per heavy atom. The molecule has 0 atom stereocenters. The molecule has 0 radical (unpaired) electrons. The number of hydrogen-bond acceptors (Lipinski definition) is 6. The van der Waals surface area contributed by atoms with Crippen LogP contribution < -0.4 is 10.1 Å². The van der Waals surface area contributed by atoms with Crippen LogP contribution in [-0.2, 0) is 6.18 Å². The van der Waals surface area contributed by atoms with Crippen molar-refractivity contribution in [2.24, 2.45) is 0 Å². The Morgan fingerprint density at radius 3 is 2.47 bits per heavy atom. The summed E-state index contributed by atoms with van der Waals surface area (Å²) >= 11 is 13.1. The Labute approximate surface area is 194 Å². The number of anilines is 2. The Bertz CT molecular complexity index is 1280. The van der Waals surface area contributed by atoms with E-state index in [0.29, 0.717) is 31.4 Å². The minimum absolute atomic E-state index is 0.0180. The van der Waals surface area contributed by atoms with E-state index in [1.165, 1.54) is 35.6 Å². The third-order valence-corrected chi connectivity index (χ3v) is 5.76. The van der Waals surface area contributed by atoms with Crippen LogP contribution >= 0.6 is 34.5 Å². The lowest BCUT2D eigenvalue weighted by molar-refractivity contribution is -0.137. The molecule has 0 aliphatic carbocycles. The van der Waals surface area contributed by atoms with Gasteiger partial charge in [0.25, 0.3) is 0 Å². The van der Waals surface area contributed by atoms with Crippen molar-refractivity contribution in [3.05, 3.63) is 76.3 Å². The number of aromatic nitrogens is 2. The van der Waals surface area contributed by atoms with Gasteiger partial charge in [0, 0.05) is 17.3 Å². The molecule has 1 heterocycles. The van der Waals surface area contributed by atoms with Gasteiger partial charge in [-0.05, 0) is 48.5 Å². The van der Waals surface area contributed by atoms with Crippen molar-refractivity contribution in [2.75, 3.05) is 5.32 Å². The molecule has 164 valence electrons. The minimum atomic E-state index is -4.49. The highest BCUT2D eigenvalue weighted by molar-refractivity contribution is 7.18. The molecule has 0 fully saturated rings. The number of alkyl halides is 3. The maximum Gasteiger partial charge on any atom is 0.416 e. The molecular formula is C21H12Cl2F3N3O2S. The van der Waals surface area contributed by atoms with Gasteiger partial charge in [0.15, 0.2) is 0 Å². The molecule has 0 aliphatic rings.